The van der Waals surface area contributed by atoms with E-state index >= 15 is 0 Å². The van der Waals surface area contributed by atoms with E-state index < -0.39 is 5.97 Å². The average molecular weight is 287 g/mol. The third-order valence-corrected chi connectivity index (χ3v) is 2.87. The number of fused-ring (bicyclic) bond motifs is 1. The van der Waals surface area contributed by atoms with E-state index in [-0.39, 0.29) is 29.9 Å². The summed E-state index contributed by atoms with van der Waals surface area (Å²) in [7, 11) is 0. The first-order chi connectivity index (χ1) is 9.97. The molecule has 0 saturated carbocycles. The van der Waals surface area contributed by atoms with Crippen LogP contribution in [0.2, 0.25) is 0 Å². The van der Waals surface area contributed by atoms with Crippen molar-refractivity contribution in [3.8, 4) is 5.75 Å². The number of carbonyl (C=O) groups excluding carboxylic acids is 2. The maximum atomic E-state index is 11.9. The number of amides is 1. The number of ether oxygens (including phenoxy) is 1. The Bertz CT molecular complexity index is 679. The molecular formula is C16H17NO4. The zero-order valence-electron chi connectivity index (χ0n) is 11.9. The van der Waals surface area contributed by atoms with Gasteiger partial charge in [0.25, 0.3) is 5.91 Å². The van der Waals surface area contributed by atoms with Crippen molar-refractivity contribution in [3.63, 3.8) is 0 Å². The van der Waals surface area contributed by atoms with Crippen molar-refractivity contribution < 1.29 is 19.4 Å². The first-order valence-corrected chi connectivity index (χ1v) is 6.65. The molecule has 5 nitrogen and oxygen atoms in total. The van der Waals surface area contributed by atoms with Crippen LogP contribution in [-0.2, 0) is 9.53 Å². The second-order valence-corrected chi connectivity index (χ2v) is 5.01. The molecule has 0 aliphatic heterocycles. The van der Waals surface area contributed by atoms with Crippen molar-refractivity contribution >= 4 is 22.6 Å². The molecule has 5 heteroatoms. The van der Waals surface area contributed by atoms with Gasteiger partial charge in [-0.3, -0.25) is 4.79 Å². The van der Waals surface area contributed by atoms with Gasteiger partial charge < -0.3 is 15.2 Å². The smallest absolute Gasteiger partial charge is 0.342 e. The van der Waals surface area contributed by atoms with Gasteiger partial charge in [-0.2, -0.15) is 0 Å². The minimum Gasteiger partial charge on any atom is -0.507 e. The Morgan fingerprint density at radius 1 is 1.19 bits per heavy atom. The lowest BCUT2D eigenvalue weighted by molar-refractivity contribution is -0.124. The number of phenols is 1. The van der Waals surface area contributed by atoms with E-state index in [2.05, 4.69) is 5.32 Å². The molecule has 0 saturated heterocycles. The summed E-state index contributed by atoms with van der Waals surface area (Å²) in [6.07, 6.45) is 0. The third-order valence-electron chi connectivity index (χ3n) is 2.87. The van der Waals surface area contributed by atoms with Crippen molar-refractivity contribution in [3.05, 3.63) is 42.0 Å². The van der Waals surface area contributed by atoms with Gasteiger partial charge in [-0.25, -0.2) is 4.79 Å². The van der Waals surface area contributed by atoms with E-state index in [0.717, 1.165) is 10.8 Å². The van der Waals surface area contributed by atoms with Gasteiger partial charge in [0, 0.05) is 6.04 Å². The predicted octanol–water partition coefficient (Wildman–Crippen LogP) is 2.23. The second kappa shape index (κ2) is 6.26. The predicted molar refractivity (Wildman–Crippen MR) is 79.2 cm³/mol. The standard InChI is InChI=1S/C16H17NO4/c1-10(2)17-15(19)9-21-16(20)13-7-11-5-3-4-6-12(11)8-14(13)18/h3-8,10,18H,9H2,1-2H3,(H,17,19). The molecule has 0 spiro atoms. The first-order valence-electron chi connectivity index (χ1n) is 6.65. The molecule has 0 heterocycles. The molecule has 1 amide bonds. The van der Waals surface area contributed by atoms with Crippen molar-refractivity contribution in [2.24, 2.45) is 0 Å². The Morgan fingerprint density at radius 2 is 1.81 bits per heavy atom. The number of esters is 1. The highest BCUT2D eigenvalue weighted by Gasteiger charge is 2.15. The summed E-state index contributed by atoms with van der Waals surface area (Å²) in [5, 5.41) is 14.1. The normalized spacial score (nSPS) is 10.6. The van der Waals surface area contributed by atoms with E-state index in [9.17, 15) is 14.7 Å². The number of aromatic hydroxyl groups is 1. The summed E-state index contributed by atoms with van der Waals surface area (Å²) in [6.45, 7) is 3.26. The molecule has 0 aromatic heterocycles. The van der Waals surface area contributed by atoms with Gasteiger partial charge in [-0.1, -0.05) is 24.3 Å². The number of phenolic OH excluding ortho intramolecular Hbond substituents is 1. The molecule has 2 aromatic carbocycles. The first kappa shape index (κ1) is 14.8. The molecule has 21 heavy (non-hydrogen) atoms. The Hall–Kier alpha value is -2.56. The minimum absolute atomic E-state index is 0.0229. The van der Waals surface area contributed by atoms with Crippen LogP contribution < -0.4 is 5.32 Å². The fourth-order valence-corrected chi connectivity index (χ4v) is 1.96. The Kier molecular flexibility index (Phi) is 4.42. The molecule has 0 radical (unpaired) electrons. The van der Waals surface area contributed by atoms with Gasteiger partial charge in [0.2, 0.25) is 0 Å². The molecular weight excluding hydrogens is 270 g/mol. The van der Waals surface area contributed by atoms with Crippen LogP contribution in [0.1, 0.15) is 24.2 Å². The van der Waals surface area contributed by atoms with Gasteiger partial charge in [0.1, 0.15) is 11.3 Å². The molecule has 0 aliphatic carbocycles. The topological polar surface area (TPSA) is 75.6 Å². The second-order valence-electron chi connectivity index (χ2n) is 5.01. The Labute approximate surface area is 122 Å². The van der Waals surface area contributed by atoms with Crippen LogP contribution >= 0.6 is 0 Å². The molecule has 0 atom stereocenters. The third kappa shape index (κ3) is 3.72. The quantitative estimate of drug-likeness (QED) is 0.845. The molecule has 2 aromatic rings. The van der Waals surface area contributed by atoms with Crippen molar-refractivity contribution in [1.82, 2.24) is 5.32 Å². The lowest BCUT2D eigenvalue weighted by Gasteiger charge is -2.10. The zero-order valence-corrected chi connectivity index (χ0v) is 11.9. The maximum absolute atomic E-state index is 11.9. The van der Waals surface area contributed by atoms with Crippen LogP contribution in [0.3, 0.4) is 0 Å². The summed E-state index contributed by atoms with van der Waals surface area (Å²) in [5.41, 5.74) is 0.0473. The molecule has 0 bridgehead atoms. The van der Waals surface area contributed by atoms with Gasteiger partial charge in [-0.15, -0.1) is 0 Å². The van der Waals surface area contributed by atoms with E-state index in [0.29, 0.717) is 0 Å². The van der Waals surface area contributed by atoms with Crippen molar-refractivity contribution in [1.29, 1.82) is 0 Å². The van der Waals surface area contributed by atoms with Crippen molar-refractivity contribution in [2.45, 2.75) is 19.9 Å². The fraction of sp³-hybridized carbons (Fsp3) is 0.250. The average Bonchev–Trinajstić information content (AvgIpc) is 2.43. The molecule has 2 N–H and O–H groups in total. The highest BCUT2D eigenvalue weighted by atomic mass is 16.5. The van der Waals surface area contributed by atoms with Crippen LogP contribution in [0.4, 0.5) is 0 Å². The summed E-state index contributed by atoms with van der Waals surface area (Å²) < 4.78 is 4.91. The van der Waals surface area contributed by atoms with Crippen LogP contribution in [-0.4, -0.2) is 29.6 Å². The van der Waals surface area contributed by atoms with Crippen LogP contribution in [0.5, 0.6) is 5.75 Å². The van der Waals surface area contributed by atoms with E-state index in [1.165, 1.54) is 6.07 Å². The summed E-state index contributed by atoms with van der Waals surface area (Å²) >= 11 is 0. The van der Waals surface area contributed by atoms with Crippen LogP contribution in [0.25, 0.3) is 10.8 Å². The lowest BCUT2D eigenvalue weighted by Crippen LogP contribution is -2.33. The number of hydrogen-bond donors (Lipinski definition) is 2. The summed E-state index contributed by atoms with van der Waals surface area (Å²) in [5.74, 6) is -1.27. The number of rotatable bonds is 4. The Balaban J connectivity index is 2.12. The largest absolute Gasteiger partial charge is 0.507 e. The zero-order chi connectivity index (χ0) is 15.4. The molecule has 0 aliphatic rings. The van der Waals surface area contributed by atoms with Gasteiger partial charge >= 0.3 is 5.97 Å². The molecule has 110 valence electrons. The summed E-state index contributed by atoms with van der Waals surface area (Å²) in [4.78, 5) is 23.4. The molecule has 2 rings (SSSR count). The van der Waals surface area contributed by atoms with E-state index in [4.69, 9.17) is 4.74 Å². The van der Waals surface area contributed by atoms with Gasteiger partial charge in [0.05, 0.1) is 0 Å². The van der Waals surface area contributed by atoms with Gasteiger partial charge in [0.15, 0.2) is 6.61 Å². The number of carbonyl (C=O) groups is 2. The Morgan fingerprint density at radius 3 is 2.43 bits per heavy atom. The molecule has 0 unspecified atom stereocenters. The van der Waals surface area contributed by atoms with E-state index in [1.807, 2.05) is 38.1 Å². The monoisotopic (exact) mass is 287 g/mol. The number of hydrogen-bond acceptors (Lipinski definition) is 4. The number of nitrogens with one attached hydrogen (secondary N) is 1. The van der Waals surface area contributed by atoms with Gasteiger partial charge in [-0.05, 0) is 36.8 Å². The van der Waals surface area contributed by atoms with Crippen LogP contribution in [0.15, 0.2) is 36.4 Å². The highest BCUT2D eigenvalue weighted by Crippen LogP contribution is 2.25. The highest BCUT2D eigenvalue weighted by molar-refractivity contribution is 5.99. The van der Waals surface area contributed by atoms with Crippen LogP contribution in [0, 0.1) is 0 Å². The molecule has 0 fully saturated rings. The van der Waals surface area contributed by atoms with Crippen molar-refractivity contribution in [2.75, 3.05) is 6.61 Å². The summed E-state index contributed by atoms with van der Waals surface area (Å²) in [6, 6.07) is 10.4. The minimum atomic E-state index is -0.725. The van der Waals surface area contributed by atoms with E-state index in [1.54, 1.807) is 6.07 Å². The SMILES string of the molecule is CC(C)NC(=O)COC(=O)c1cc2ccccc2cc1O. The lowest BCUT2D eigenvalue weighted by atomic mass is 10.1. The number of benzene rings is 2. The fourth-order valence-electron chi connectivity index (χ4n) is 1.96. The maximum Gasteiger partial charge on any atom is 0.342 e.